The molecule has 7 heteroatoms. The first kappa shape index (κ1) is 16.3. The molecule has 0 atom stereocenters. The molecular weight excluding hydrogens is 324 g/mol. The molecule has 0 saturated carbocycles. The SMILES string of the molecule is CC(C)NC(=O)NC(=O)CSC1=Nc2cccc3cccc(c23)N1. The molecule has 2 aromatic carbocycles. The van der Waals surface area contributed by atoms with Gasteiger partial charge in [-0.25, -0.2) is 9.79 Å². The summed E-state index contributed by atoms with van der Waals surface area (Å²) in [5.41, 5.74) is 1.85. The summed E-state index contributed by atoms with van der Waals surface area (Å²) in [5.74, 6) is -0.255. The van der Waals surface area contributed by atoms with Crippen molar-refractivity contribution in [2.75, 3.05) is 11.1 Å². The Balaban J connectivity index is 1.65. The van der Waals surface area contributed by atoms with Gasteiger partial charge in [0.05, 0.1) is 17.1 Å². The second-order valence-electron chi connectivity index (χ2n) is 5.69. The van der Waals surface area contributed by atoms with Gasteiger partial charge in [0, 0.05) is 11.4 Å². The van der Waals surface area contributed by atoms with Crippen LogP contribution in [0.2, 0.25) is 0 Å². The Morgan fingerprint density at radius 2 is 1.96 bits per heavy atom. The standard InChI is InChI=1S/C17H18N4O2S/c1-10(2)18-16(23)21-14(22)9-24-17-19-12-7-3-5-11-6-4-8-13(20-17)15(11)12/h3-8,10H,9H2,1-2H3,(H,19,20)(H2,18,21,22,23). The first-order valence-corrected chi connectivity index (χ1v) is 8.62. The molecule has 0 bridgehead atoms. The Morgan fingerprint density at radius 3 is 2.71 bits per heavy atom. The lowest BCUT2D eigenvalue weighted by atomic mass is 10.1. The number of thioether (sulfide) groups is 1. The summed E-state index contributed by atoms with van der Waals surface area (Å²) in [6.07, 6.45) is 0. The molecule has 0 radical (unpaired) electrons. The number of rotatable bonds is 3. The van der Waals surface area contributed by atoms with Crippen molar-refractivity contribution < 1.29 is 9.59 Å². The quantitative estimate of drug-likeness (QED) is 0.800. The lowest BCUT2D eigenvalue weighted by molar-refractivity contribution is -0.117. The molecule has 1 aliphatic heterocycles. The van der Waals surface area contributed by atoms with E-state index in [2.05, 4.69) is 20.9 Å². The van der Waals surface area contributed by atoms with E-state index < -0.39 is 6.03 Å². The zero-order chi connectivity index (χ0) is 17.1. The number of amidine groups is 1. The number of benzene rings is 2. The Morgan fingerprint density at radius 1 is 1.21 bits per heavy atom. The molecule has 0 unspecified atom stereocenters. The van der Waals surface area contributed by atoms with Crippen LogP contribution in [0.3, 0.4) is 0 Å². The minimum Gasteiger partial charge on any atom is -0.336 e. The van der Waals surface area contributed by atoms with Crippen LogP contribution in [-0.2, 0) is 4.79 Å². The number of nitrogens with one attached hydrogen (secondary N) is 3. The molecule has 0 aliphatic carbocycles. The molecular formula is C17H18N4O2S. The van der Waals surface area contributed by atoms with Gasteiger partial charge in [-0.15, -0.1) is 0 Å². The molecule has 1 heterocycles. The molecule has 0 spiro atoms. The Hall–Kier alpha value is -2.54. The van der Waals surface area contributed by atoms with Crippen LogP contribution in [0.25, 0.3) is 10.8 Å². The van der Waals surface area contributed by atoms with E-state index >= 15 is 0 Å². The summed E-state index contributed by atoms with van der Waals surface area (Å²) in [7, 11) is 0. The minimum atomic E-state index is -0.482. The van der Waals surface area contributed by atoms with E-state index in [9.17, 15) is 9.59 Å². The number of hydrogen-bond donors (Lipinski definition) is 3. The molecule has 2 aromatic rings. The van der Waals surface area contributed by atoms with Gasteiger partial charge in [-0.2, -0.15) is 0 Å². The monoisotopic (exact) mass is 342 g/mol. The lowest BCUT2D eigenvalue weighted by Gasteiger charge is -2.18. The third kappa shape index (κ3) is 3.68. The first-order valence-electron chi connectivity index (χ1n) is 7.63. The van der Waals surface area contributed by atoms with Crippen molar-refractivity contribution >= 4 is 51.0 Å². The Labute approximate surface area is 144 Å². The largest absolute Gasteiger partial charge is 0.336 e. The minimum absolute atomic E-state index is 0.0215. The normalized spacial score (nSPS) is 12.5. The molecule has 6 nitrogen and oxygen atoms in total. The van der Waals surface area contributed by atoms with E-state index in [1.165, 1.54) is 11.8 Å². The number of aliphatic imine (C=N–C) groups is 1. The van der Waals surface area contributed by atoms with Crippen molar-refractivity contribution in [3.63, 3.8) is 0 Å². The number of carbonyl (C=O) groups is 2. The molecule has 124 valence electrons. The van der Waals surface area contributed by atoms with Crippen LogP contribution in [0.1, 0.15) is 13.8 Å². The predicted octanol–water partition coefficient (Wildman–Crippen LogP) is 3.22. The van der Waals surface area contributed by atoms with E-state index in [-0.39, 0.29) is 17.7 Å². The summed E-state index contributed by atoms with van der Waals surface area (Å²) in [5, 5.41) is 11.0. The van der Waals surface area contributed by atoms with Crippen LogP contribution in [-0.4, -0.2) is 28.9 Å². The summed E-state index contributed by atoms with van der Waals surface area (Å²) < 4.78 is 0. The average Bonchev–Trinajstić information content (AvgIpc) is 2.52. The molecule has 0 aromatic heterocycles. The molecule has 0 saturated heterocycles. The molecule has 3 amide bonds. The van der Waals surface area contributed by atoms with Gasteiger partial charge in [0.1, 0.15) is 0 Å². The van der Waals surface area contributed by atoms with E-state index in [1.54, 1.807) is 0 Å². The van der Waals surface area contributed by atoms with Crippen molar-refractivity contribution in [2.45, 2.75) is 19.9 Å². The van der Waals surface area contributed by atoms with Crippen molar-refractivity contribution in [3.8, 4) is 0 Å². The number of hydrogen-bond acceptors (Lipinski definition) is 5. The van der Waals surface area contributed by atoms with E-state index in [1.807, 2.05) is 50.2 Å². The van der Waals surface area contributed by atoms with Gasteiger partial charge < -0.3 is 10.6 Å². The van der Waals surface area contributed by atoms with Gasteiger partial charge in [0.15, 0.2) is 5.17 Å². The number of amides is 3. The van der Waals surface area contributed by atoms with Crippen molar-refractivity contribution in [2.24, 2.45) is 4.99 Å². The number of carbonyl (C=O) groups excluding carboxylic acids is 2. The average molecular weight is 342 g/mol. The van der Waals surface area contributed by atoms with E-state index in [0.29, 0.717) is 5.17 Å². The fraction of sp³-hybridized carbons (Fsp3) is 0.235. The van der Waals surface area contributed by atoms with Gasteiger partial charge in [0.25, 0.3) is 0 Å². The maximum absolute atomic E-state index is 11.8. The smallest absolute Gasteiger partial charge is 0.321 e. The van der Waals surface area contributed by atoms with Crippen molar-refractivity contribution in [1.29, 1.82) is 0 Å². The highest BCUT2D eigenvalue weighted by Gasteiger charge is 2.16. The van der Waals surface area contributed by atoms with Crippen LogP contribution >= 0.6 is 11.8 Å². The highest BCUT2D eigenvalue weighted by Crippen LogP contribution is 2.36. The van der Waals surface area contributed by atoms with Crippen LogP contribution in [0.15, 0.2) is 41.4 Å². The van der Waals surface area contributed by atoms with Gasteiger partial charge in [-0.05, 0) is 31.4 Å². The van der Waals surface area contributed by atoms with E-state index in [4.69, 9.17) is 0 Å². The Kier molecular flexibility index (Phi) is 4.71. The van der Waals surface area contributed by atoms with Crippen molar-refractivity contribution in [1.82, 2.24) is 10.6 Å². The molecule has 0 fully saturated rings. The number of anilines is 1. The fourth-order valence-electron chi connectivity index (χ4n) is 2.43. The van der Waals surface area contributed by atoms with Gasteiger partial charge in [-0.3, -0.25) is 10.1 Å². The first-order chi connectivity index (χ1) is 11.5. The maximum Gasteiger partial charge on any atom is 0.321 e. The third-order valence-corrected chi connectivity index (χ3v) is 4.23. The molecule has 24 heavy (non-hydrogen) atoms. The van der Waals surface area contributed by atoms with Crippen LogP contribution in [0.5, 0.6) is 0 Å². The van der Waals surface area contributed by atoms with Gasteiger partial charge in [0.2, 0.25) is 5.91 Å². The summed E-state index contributed by atoms with van der Waals surface area (Å²) in [6, 6.07) is 11.4. The van der Waals surface area contributed by atoms with E-state index in [0.717, 1.165) is 22.1 Å². The summed E-state index contributed by atoms with van der Waals surface area (Å²) in [4.78, 5) is 27.9. The molecule has 1 aliphatic rings. The van der Waals surface area contributed by atoms with Crippen LogP contribution in [0, 0.1) is 0 Å². The molecule has 3 N–H and O–H groups in total. The third-order valence-electron chi connectivity index (χ3n) is 3.36. The van der Waals surface area contributed by atoms with Crippen LogP contribution < -0.4 is 16.0 Å². The lowest BCUT2D eigenvalue weighted by Crippen LogP contribution is -2.43. The predicted molar refractivity (Wildman–Crippen MR) is 98.9 cm³/mol. The van der Waals surface area contributed by atoms with Gasteiger partial charge in [-0.1, -0.05) is 36.0 Å². The summed E-state index contributed by atoms with van der Waals surface area (Å²) in [6.45, 7) is 3.66. The fourth-order valence-corrected chi connectivity index (χ4v) is 3.12. The zero-order valence-electron chi connectivity index (χ0n) is 13.4. The van der Waals surface area contributed by atoms with Gasteiger partial charge >= 0.3 is 6.03 Å². The molecule has 3 rings (SSSR count). The number of urea groups is 1. The Bertz CT molecular complexity index is 827. The second-order valence-corrected chi connectivity index (χ2v) is 6.65. The highest BCUT2D eigenvalue weighted by molar-refractivity contribution is 8.14. The van der Waals surface area contributed by atoms with Crippen molar-refractivity contribution in [3.05, 3.63) is 36.4 Å². The van der Waals surface area contributed by atoms with Crippen LogP contribution in [0.4, 0.5) is 16.2 Å². The summed E-state index contributed by atoms with van der Waals surface area (Å²) >= 11 is 1.26. The zero-order valence-corrected chi connectivity index (χ0v) is 14.2. The second kappa shape index (κ2) is 6.92. The maximum atomic E-state index is 11.8. The topological polar surface area (TPSA) is 82.6 Å². The number of imide groups is 1. The number of nitrogens with zero attached hydrogens (tertiary/aromatic N) is 1. The highest BCUT2D eigenvalue weighted by atomic mass is 32.2.